The normalized spacial score (nSPS) is 22.8. The highest BCUT2D eigenvalue weighted by Gasteiger charge is 2.24. The van der Waals surface area contributed by atoms with Crippen molar-refractivity contribution in [3.05, 3.63) is 23.2 Å². The van der Waals surface area contributed by atoms with Crippen LogP contribution >= 0.6 is 11.8 Å². The predicted molar refractivity (Wildman–Crippen MR) is 76.8 cm³/mol. The molecule has 0 aromatic carbocycles. The van der Waals surface area contributed by atoms with Crippen LogP contribution in [0.3, 0.4) is 0 Å². The maximum atomic E-state index is 10.9. The first-order chi connectivity index (χ1) is 9.10. The van der Waals surface area contributed by atoms with Crippen molar-refractivity contribution in [2.24, 2.45) is 0 Å². The molecule has 2 rings (SSSR count). The van der Waals surface area contributed by atoms with Gasteiger partial charge in [-0.25, -0.2) is 4.79 Å². The molecule has 106 valence electrons. The number of aromatic carboxylic acids is 1. The zero-order valence-corrected chi connectivity index (χ0v) is 12.3. The topological polar surface area (TPSA) is 62.5 Å². The van der Waals surface area contributed by atoms with Crippen molar-refractivity contribution >= 4 is 17.7 Å². The van der Waals surface area contributed by atoms with Gasteiger partial charge in [0.15, 0.2) is 0 Å². The zero-order chi connectivity index (χ0) is 13.8. The van der Waals surface area contributed by atoms with E-state index < -0.39 is 5.97 Å². The number of hydrogen-bond acceptors (Lipinski definition) is 4. The second-order valence-electron chi connectivity index (χ2n) is 4.96. The smallest absolute Gasteiger partial charge is 0.339 e. The third-order valence-corrected chi connectivity index (χ3v) is 4.78. The third-order valence-electron chi connectivity index (χ3n) is 3.55. The summed E-state index contributed by atoms with van der Waals surface area (Å²) in [5.41, 5.74) is 0.266. The molecule has 1 aliphatic rings. The summed E-state index contributed by atoms with van der Waals surface area (Å²) in [5, 5.41) is 13.2. The fraction of sp³-hybridized carbons (Fsp3) is 0.643. The first-order valence-electron chi connectivity index (χ1n) is 6.77. The summed E-state index contributed by atoms with van der Waals surface area (Å²) in [7, 11) is 0. The van der Waals surface area contributed by atoms with Gasteiger partial charge in [-0.3, -0.25) is 0 Å². The largest absolute Gasteiger partial charge is 0.478 e. The van der Waals surface area contributed by atoms with Gasteiger partial charge in [0, 0.05) is 11.3 Å². The van der Waals surface area contributed by atoms with E-state index in [2.05, 4.69) is 12.2 Å². The molecule has 2 unspecified atom stereocenters. The van der Waals surface area contributed by atoms with Gasteiger partial charge in [-0.15, -0.1) is 0 Å². The molecular formula is C14H21NO3S. The van der Waals surface area contributed by atoms with Gasteiger partial charge in [-0.1, -0.05) is 6.92 Å². The van der Waals surface area contributed by atoms with Crippen molar-refractivity contribution in [2.75, 3.05) is 5.75 Å². The average molecular weight is 283 g/mol. The molecule has 1 heterocycles. The molecule has 1 saturated carbocycles. The van der Waals surface area contributed by atoms with Crippen molar-refractivity contribution in [3.63, 3.8) is 0 Å². The Balaban J connectivity index is 1.83. The van der Waals surface area contributed by atoms with E-state index >= 15 is 0 Å². The van der Waals surface area contributed by atoms with Gasteiger partial charge < -0.3 is 14.8 Å². The summed E-state index contributed by atoms with van der Waals surface area (Å²) in [6.45, 7) is 4.50. The Hall–Kier alpha value is -0.940. The summed E-state index contributed by atoms with van der Waals surface area (Å²) in [5.74, 6) is 1.45. The number of carboxylic acid groups (broad SMARTS) is 1. The van der Waals surface area contributed by atoms with E-state index in [1.54, 1.807) is 13.0 Å². The van der Waals surface area contributed by atoms with Gasteiger partial charge in [0.05, 0.1) is 6.54 Å². The van der Waals surface area contributed by atoms with Crippen molar-refractivity contribution < 1.29 is 14.3 Å². The second-order valence-corrected chi connectivity index (χ2v) is 6.53. The Morgan fingerprint density at radius 1 is 1.58 bits per heavy atom. The Morgan fingerprint density at radius 2 is 2.37 bits per heavy atom. The number of carbonyl (C=O) groups is 1. The fourth-order valence-corrected chi connectivity index (χ4v) is 3.74. The summed E-state index contributed by atoms with van der Waals surface area (Å²) in [6.07, 6.45) is 3.67. The highest BCUT2D eigenvalue weighted by Crippen LogP contribution is 2.29. The molecule has 1 aromatic heterocycles. The molecule has 0 bridgehead atoms. The molecule has 4 nitrogen and oxygen atoms in total. The van der Waals surface area contributed by atoms with Crippen molar-refractivity contribution in [2.45, 2.75) is 50.9 Å². The Morgan fingerprint density at radius 3 is 3.00 bits per heavy atom. The first kappa shape index (κ1) is 14.5. The quantitative estimate of drug-likeness (QED) is 0.840. The predicted octanol–water partition coefficient (Wildman–Crippen LogP) is 3.05. The molecule has 19 heavy (non-hydrogen) atoms. The van der Waals surface area contributed by atoms with E-state index in [1.807, 2.05) is 11.8 Å². The SMILES string of the molecule is CCSC1CCC(NCc2cc(C(=O)O)c(C)o2)C1. The number of thioether (sulfide) groups is 1. The van der Waals surface area contributed by atoms with Crippen LogP contribution in [0.4, 0.5) is 0 Å². The van der Waals surface area contributed by atoms with E-state index in [4.69, 9.17) is 9.52 Å². The minimum Gasteiger partial charge on any atom is -0.478 e. The molecule has 1 aromatic rings. The van der Waals surface area contributed by atoms with Crippen LogP contribution in [0.1, 0.15) is 48.1 Å². The van der Waals surface area contributed by atoms with E-state index in [0.717, 1.165) is 5.25 Å². The van der Waals surface area contributed by atoms with Crippen LogP contribution in [0.15, 0.2) is 10.5 Å². The lowest BCUT2D eigenvalue weighted by Crippen LogP contribution is -2.25. The van der Waals surface area contributed by atoms with Crippen LogP contribution in [0.2, 0.25) is 0 Å². The van der Waals surface area contributed by atoms with Crippen LogP contribution < -0.4 is 5.32 Å². The maximum Gasteiger partial charge on any atom is 0.339 e. The second kappa shape index (κ2) is 6.48. The van der Waals surface area contributed by atoms with Gasteiger partial charge >= 0.3 is 5.97 Å². The van der Waals surface area contributed by atoms with Crippen molar-refractivity contribution in [1.29, 1.82) is 0 Å². The summed E-state index contributed by atoms with van der Waals surface area (Å²) in [6, 6.07) is 2.15. The number of hydrogen-bond donors (Lipinski definition) is 2. The molecule has 1 aliphatic carbocycles. The van der Waals surface area contributed by atoms with Crippen molar-refractivity contribution in [3.8, 4) is 0 Å². The van der Waals surface area contributed by atoms with E-state index in [1.165, 1.54) is 25.0 Å². The molecule has 0 radical (unpaired) electrons. The monoisotopic (exact) mass is 283 g/mol. The molecular weight excluding hydrogens is 262 g/mol. The molecule has 0 spiro atoms. The lowest BCUT2D eigenvalue weighted by molar-refractivity contribution is 0.0695. The number of carboxylic acids is 1. The molecule has 0 aliphatic heterocycles. The number of rotatable bonds is 6. The molecule has 1 fully saturated rings. The summed E-state index contributed by atoms with van der Waals surface area (Å²) < 4.78 is 5.46. The highest BCUT2D eigenvalue weighted by atomic mass is 32.2. The van der Waals surface area contributed by atoms with E-state index in [-0.39, 0.29) is 5.56 Å². The Kier molecular flexibility index (Phi) is 4.93. The van der Waals surface area contributed by atoms with Gasteiger partial charge in [0.1, 0.15) is 17.1 Å². The molecule has 2 atom stereocenters. The lowest BCUT2D eigenvalue weighted by atomic mass is 10.2. The maximum absolute atomic E-state index is 10.9. The van der Waals surface area contributed by atoms with Crippen LogP contribution in [0, 0.1) is 6.92 Å². The molecule has 2 N–H and O–H groups in total. The third kappa shape index (κ3) is 3.76. The van der Waals surface area contributed by atoms with Crippen LogP contribution in [-0.2, 0) is 6.54 Å². The van der Waals surface area contributed by atoms with Crippen LogP contribution in [-0.4, -0.2) is 28.1 Å². The number of furan rings is 1. The van der Waals surface area contributed by atoms with Crippen LogP contribution in [0.25, 0.3) is 0 Å². The van der Waals surface area contributed by atoms with Crippen LogP contribution in [0.5, 0.6) is 0 Å². The minimum absolute atomic E-state index is 0.266. The first-order valence-corrected chi connectivity index (χ1v) is 7.82. The Labute approximate surface area is 117 Å². The summed E-state index contributed by atoms with van der Waals surface area (Å²) in [4.78, 5) is 10.9. The van der Waals surface area contributed by atoms with E-state index in [0.29, 0.717) is 24.1 Å². The molecule has 0 saturated heterocycles. The number of nitrogens with one attached hydrogen (secondary N) is 1. The van der Waals surface area contributed by atoms with E-state index in [9.17, 15) is 4.79 Å². The zero-order valence-electron chi connectivity index (χ0n) is 11.4. The van der Waals surface area contributed by atoms with Gasteiger partial charge in [-0.05, 0) is 38.0 Å². The van der Waals surface area contributed by atoms with Crippen molar-refractivity contribution in [1.82, 2.24) is 5.32 Å². The van der Waals surface area contributed by atoms with Gasteiger partial charge in [-0.2, -0.15) is 11.8 Å². The fourth-order valence-electron chi connectivity index (χ4n) is 2.60. The number of aryl methyl sites for hydroxylation is 1. The highest BCUT2D eigenvalue weighted by molar-refractivity contribution is 7.99. The average Bonchev–Trinajstić information content (AvgIpc) is 2.94. The molecule has 0 amide bonds. The summed E-state index contributed by atoms with van der Waals surface area (Å²) >= 11 is 2.03. The minimum atomic E-state index is -0.923. The lowest BCUT2D eigenvalue weighted by Gasteiger charge is -2.11. The van der Waals surface area contributed by atoms with Gasteiger partial charge in [0.2, 0.25) is 0 Å². The Bertz CT molecular complexity index is 444. The van der Waals surface area contributed by atoms with Gasteiger partial charge in [0.25, 0.3) is 0 Å². The molecule has 5 heteroatoms. The standard InChI is InChI=1S/C14H21NO3S/c1-3-19-12-5-4-10(6-12)15-8-11-7-13(14(16)17)9(2)18-11/h7,10,12,15H,3-6,8H2,1-2H3,(H,16,17).